The van der Waals surface area contributed by atoms with Crippen molar-refractivity contribution >= 4 is 33.5 Å². The Morgan fingerprint density at radius 3 is 2.68 bits per heavy atom. The van der Waals surface area contributed by atoms with Gasteiger partial charge in [0.2, 0.25) is 5.88 Å². The summed E-state index contributed by atoms with van der Waals surface area (Å²) in [5.74, 6) is 1.35. The van der Waals surface area contributed by atoms with Crippen LogP contribution >= 0.6 is 11.6 Å². The topological polar surface area (TPSA) is 52.8 Å². The van der Waals surface area contributed by atoms with E-state index < -0.39 is 0 Å². The predicted molar refractivity (Wildman–Crippen MR) is 120 cm³/mol. The van der Waals surface area contributed by atoms with Crippen LogP contribution in [0.3, 0.4) is 0 Å². The third kappa shape index (κ3) is 3.63. The number of hydrogen-bond acceptors (Lipinski definition) is 4. The van der Waals surface area contributed by atoms with Gasteiger partial charge in [-0.15, -0.1) is 0 Å². The van der Waals surface area contributed by atoms with Crippen LogP contribution in [0.15, 0.2) is 42.7 Å². The Hall–Kier alpha value is -2.73. The van der Waals surface area contributed by atoms with E-state index in [1.807, 2.05) is 16.9 Å². The lowest BCUT2D eigenvalue weighted by Crippen LogP contribution is -2.23. The van der Waals surface area contributed by atoms with Gasteiger partial charge in [0, 0.05) is 17.8 Å². The van der Waals surface area contributed by atoms with E-state index in [-0.39, 0.29) is 11.9 Å². The second kappa shape index (κ2) is 8.08. The number of ether oxygens (including phenoxy) is 1. The molecule has 3 aromatic heterocycles. The molecule has 0 spiro atoms. The standard InChI is InChI=1S/C24H24ClFN4O/c1-14(30-24(31-2)23-22(29-30)11-17(25)13-28-23)15-3-5-16(6-4-15)19-9-10-27-21-8-7-18(26)12-20(19)21/h7-16H,3-6H2,1-2H3/t14-,15?,16?/m0/s1. The van der Waals surface area contributed by atoms with E-state index in [4.69, 9.17) is 21.4 Å². The lowest BCUT2D eigenvalue weighted by molar-refractivity contribution is 0.219. The Balaban J connectivity index is 1.38. The van der Waals surface area contributed by atoms with Crippen molar-refractivity contribution in [2.45, 2.75) is 44.6 Å². The molecule has 0 saturated heterocycles. The smallest absolute Gasteiger partial charge is 0.239 e. The molecule has 1 saturated carbocycles. The molecule has 1 fully saturated rings. The number of rotatable bonds is 4. The molecule has 0 amide bonds. The van der Waals surface area contributed by atoms with Crippen molar-refractivity contribution < 1.29 is 9.13 Å². The van der Waals surface area contributed by atoms with Crippen LogP contribution < -0.4 is 4.74 Å². The van der Waals surface area contributed by atoms with Gasteiger partial charge in [-0.3, -0.25) is 4.98 Å². The molecule has 5 rings (SSSR count). The van der Waals surface area contributed by atoms with E-state index in [2.05, 4.69) is 23.0 Å². The second-order valence-electron chi connectivity index (χ2n) is 8.39. The summed E-state index contributed by atoms with van der Waals surface area (Å²) in [7, 11) is 1.65. The number of nitrogens with zero attached hydrogens (tertiary/aromatic N) is 4. The zero-order chi connectivity index (χ0) is 21.5. The molecule has 0 unspecified atom stereocenters. The lowest BCUT2D eigenvalue weighted by atomic mass is 9.75. The van der Waals surface area contributed by atoms with Crippen molar-refractivity contribution in [3.8, 4) is 5.88 Å². The molecule has 3 heterocycles. The summed E-state index contributed by atoms with van der Waals surface area (Å²) < 4.78 is 21.5. The minimum absolute atomic E-state index is 0.176. The Morgan fingerprint density at radius 2 is 1.90 bits per heavy atom. The molecule has 4 aromatic rings. The van der Waals surface area contributed by atoms with Crippen molar-refractivity contribution in [3.05, 3.63) is 59.1 Å². The first-order valence-corrected chi connectivity index (χ1v) is 11.0. The van der Waals surface area contributed by atoms with Gasteiger partial charge in [0.25, 0.3) is 0 Å². The highest BCUT2D eigenvalue weighted by Crippen LogP contribution is 2.43. The lowest BCUT2D eigenvalue weighted by Gasteiger charge is -2.33. The summed E-state index contributed by atoms with van der Waals surface area (Å²) >= 11 is 6.10. The van der Waals surface area contributed by atoms with Crippen LogP contribution in [0.1, 0.15) is 50.1 Å². The minimum atomic E-state index is -0.212. The zero-order valence-corrected chi connectivity index (χ0v) is 18.3. The van der Waals surface area contributed by atoms with Crippen molar-refractivity contribution in [1.82, 2.24) is 19.7 Å². The third-order valence-corrected chi connectivity index (χ3v) is 6.88. The van der Waals surface area contributed by atoms with Gasteiger partial charge in [-0.25, -0.2) is 14.1 Å². The second-order valence-corrected chi connectivity index (χ2v) is 8.83. The van der Waals surface area contributed by atoms with Crippen molar-refractivity contribution in [1.29, 1.82) is 0 Å². The molecule has 1 aromatic carbocycles. The summed E-state index contributed by atoms with van der Waals surface area (Å²) in [4.78, 5) is 8.81. The average molecular weight is 439 g/mol. The molecule has 1 atom stereocenters. The van der Waals surface area contributed by atoms with Gasteiger partial charge >= 0.3 is 0 Å². The van der Waals surface area contributed by atoms with Crippen LogP contribution in [0.5, 0.6) is 5.88 Å². The van der Waals surface area contributed by atoms with Crippen LogP contribution in [0.25, 0.3) is 21.9 Å². The van der Waals surface area contributed by atoms with Gasteiger partial charge in [-0.1, -0.05) is 11.6 Å². The zero-order valence-electron chi connectivity index (χ0n) is 17.6. The summed E-state index contributed by atoms with van der Waals surface area (Å²) in [6, 6.07) is 8.90. The highest BCUT2D eigenvalue weighted by atomic mass is 35.5. The maximum Gasteiger partial charge on any atom is 0.239 e. The van der Waals surface area contributed by atoms with Gasteiger partial charge in [0.1, 0.15) is 11.3 Å². The van der Waals surface area contributed by atoms with E-state index >= 15 is 0 Å². The van der Waals surface area contributed by atoms with Crippen LogP contribution in [0, 0.1) is 11.7 Å². The number of pyridine rings is 2. The average Bonchev–Trinajstić information content (AvgIpc) is 3.15. The first kappa shape index (κ1) is 20.2. The summed E-state index contributed by atoms with van der Waals surface area (Å²) in [5, 5.41) is 6.24. The number of benzene rings is 1. The van der Waals surface area contributed by atoms with Gasteiger partial charge in [0.05, 0.1) is 23.7 Å². The first-order valence-electron chi connectivity index (χ1n) is 10.7. The summed E-state index contributed by atoms with van der Waals surface area (Å²) in [6.45, 7) is 2.19. The van der Waals surface area contributed by atoms with Gasteiger partial charge in [-0.2, -0.15) is 5.10 Å². The molecular formula is C24H24ClFN4O. The highest BCUT2D eigenvalue weighted by molar-refractivity contribution is 6.31. The Kier molecular flexibility index (Phi) is 5.26. The normalized spacial score (nSPS) is 20.3. The maximum atomic E-state index is 13.9. The first-order chi connectivity index (χ1) is 15.0. The summed E-state index contributed by atoms with van der Waals surface area (Å²) in [5.41, 5.74) is 3.54. The molecule has 0 radical (unpaired) electrons. The Labute approximate surface area is 185 Å². The van der Waals surface area contributed by atoms with E-state index in [1.54, 1.807) is 25.4 Å². The summed E-state index contributed by atoms with van der Waals surface area (Å²) in [6.07, 6.45) is 7.70. The Morgan fingerprint density at radius 1 is 1.10 bits per heavy atom. The van der Waals surface area contributed by atoms with Gasteiger partial charge in [0.15, 0.2) is 5.52 Å². The monoisotopic (exact) mass is 438 g/mol. The van der Waals surface area contributed by atoms with E-state index in [0.29, 0.717) is 22.7 Å². The van der Waals surface area contributed by atoms with Crippen LogP contribution in [-0.4, -0.2) is 26.9 Å². The van der Waals surface area contributed by atoms with Crippen LogP contribution in [-0.2, 0) is 0 Å². The minimum Gasteiger partial charge on any atom is -0.480 e. The number of hydrogen-bond donors (Lipinski definition) is 0. The van der Waals surface area contributed by atoms with Gasteiger partial charge < -0.3 is 4.74 Å². The van der Waals surface area contributed by atoms with Gasteiger partial charge in [-0.05, 0) is 80.3 Å². The molecule has 31 heavy (non-hydrogen) atoms. The Bertz CT molecular complexity index is 1250. The van der Waals surface area contributed by atoms with Crippen LogP contribution in [0.4, 0.5) is 4.39 Å². The fraction of sp³-hybridized carbons (Fsp3) is 0.375. The van der Waals surface area contributed by atoms with E-state index in [0.717, 1.165) is 47.6 Å². The molecule has 5 nitrogen and oxygen atoms in total. The molecule has 7 heteroatoms. The van der Waals surface area contributed by atoms with Crippen molar-refractivity contribution in [3.63, 3.8) is 0 Å². The molecule has 0 N–H and O–H groups in total. The molecule has 160 valence electrons. The highest BCUT2D eigenvalue weighted by Gasteiger charge is 2.30. The SMILES string of the molecule is COc1c2ncc(Cl)cc2nn1[C@@H](C)C1CCC(c2ccnc3ccc(F)cc23)CC1. The van der Waals surface area contributed by atoms with E-state index in [9.17, 15) is 4.39 Å². The largest absolute Gasteiger partial charge is 0.480 e. The predicted octanol–water partition coefficient (Wildman–Crippen LogP) is 6.32. The molecular weight excluding hydrogens is 415 g/mol. The number of aromatic nitrogens is 4. The number of fused-ring (bicyclic) bond motifs is 2. The van der Waals surface area contributed by atoms with E-state index in [1.165, 1.54) is 11.6 Å². The molecule has 0 aliphatic heterocycles. The maximum absolute atomic E-state index is 13.9. The molecule has 0 bridgehead atoms. The van der Waals surface area contributed by atoms with Crippen molar-refractivity contribution in [2.24, 2.45) is 5.92 Å². The number of methoxy groups -OCH3 is 1. The molecule has 1 aliphatic carbocycles. The van der Waals surface area contributed by atoms with Crippen molar-refractivity contribution in [2.75, 3.05) is 7.11 Å². The van der Waals surface area contributed by atoms with Crippen LogP contribution in [0.2, 0.25) is 5.02 Å². The fourth-order valence-corrected chi connectivity index (χ4v) is 5.17. The fourth-order valence-electron chi connectivity index (χ4n) is 5.01. The third-order valence-electron chi connectivity index (χ3n) is 6.67. The molecule has 1 aliphatic rings. The number of halogens is 2. The quantitative estimate of drug-likeness (QED) is 0.374.